The minimum atomic E-state index is -3.65. The van der Waals surface area contributed by atoms with Crippen molar-refractivity contribution in [3.05, 3.63) is 29.8 Å². The molecule has 0 bridgehead atoms. The van der Waals surface area contributed by atoms with Crippen LogP contribution in [0.25, 0.3) is 0 Å². The van der Waals surface area contributed by atoms with Crippen molar-refractivity contribution in [2.75, 3.05) is 19.6 Å². The van der Waals surface area contributed by atoms with E-state index in [2.05, 4.69) is 10.6 Å². The minimum Gasteiger partial charge on any atom is -0.449 e. The van der Waals surface area contributed by atoms with Gasteiger partial charge in [0.05, 0.1) is 10.5 Å². The number of amides is 3. The number of carbonyl (C=O) groups is 3. The van der Waals surface area contributed by atoms with Crippen LogP contribution in [0.15, 0.2) is 29.2 Å². The molecule has 2 N–H and O–H groups in total. The molecule has 166 valence electrons. The molecule has 0 unspecified atom stereocenters. The molecule has 0 spiro atoms. The molecule has 3 amide bonds. The Hall–Kier alpha value is -2.46. The van der Waals surface area contributed by atoms with E-state index in [1.54, 1.807) is 6.92 Å². The number of hydrogen-bond acceptors (Lipinski definition) is 6. The maximum atomic E-state index is 12.9. The standard InChI is InChI=1S/C20H29N3O6S/c1-5-21-20(26)22-18(24)15(4)29-19(25)16-6-8-17(9-7-16)30(27,28)23-11-13(2)10-14(3)12-23/h6-9,13-15H,5,10-12H2,1-4H3,(H2,21,22,24,26)/t13-,14-,15-/m0/s1. The number of rotatable bonds is 6. The normalized spacial score (nSPS) is 20.8. The van der Waals surface area contributed by atoms with Crippen molar-refractivity contribution in [1.82, 2.24) is 14.9 Å². The van der Waals surface area contributed by atoms with Crippen LogP contribution in [0.4, 0.5) is 4.79 Å². The van der Waals surface area contributed by atoms with Crippen LogP contribution in [-0.4, -0.2) is 56.4 Å². The van der Waals surface area contributed by atoms with E-state index in [-0.39, 0.29) is 22.3 Å². The van der Waals surface area contributed by atoms with Crippen molar-refractivity contribution in [3.8, 4) is 0 Å². The summed E-state index contributed by atoms with van der Waals surface area (Å²) in [5.41, 5.74) is 0.104. The zero-order valence-corrected chi connectivity index (χ0v) is 18.5. The van der Waals surface area contributed by atoms with Crippen molar-refractivity contribution in [3.63, 3.8) is 0 Å². The minimum absolute atomic E-state index is 0.0994. The molecule has 0 aromatic heterocycles. The number of ether oxygens (including phenoxy) is 1. The maximum absolute atomic E-state index is 12.9. The number of imide groups is 1. The van der Waals surface area contributed by atoms with E-state index in [1.807, 2.05) is 13.8 Å². The molecule has 1 aliphatic heterocycles. The lowest BCUT2D eigenvalue weighted by molar-refractivity contribution is -0.127. The van der Waals surface area contributed by atoms with Crippen molar-refractivity contribution in [2.24, 2.45) is 11.8 Å². The van der Waals surface area contributed by atoms with Crippen LogP contribution in [0.5, 0.6) is 0 Å². The van der Waals surface area contributed by atoms with Crippen LogP contribution in [0.1, 0.15) is 44.5 Å². The number of sulfonamides is 1. The summed E-state index contributed by atoms with van der Waals surface area (Å²) < 4.78 is 32.3. The zero-order valence-electron chi connectivity index (χ0n) is 17.7. The summed E-state index contributed by atoms with van der Waals surface area (Å²) in [4.78, 5) is 35.6. The fraction of sp³-hybridized carbons (Fsp3) is 0.550. The molecule has 1 heterocycles. The van der Waals surface area contributed by atoms with Gasteiger partial charge >= 0.3 is 12.0 Å². The van der Waals surface area contributed by atoms with Crippen molar-refractivity contribution < 1.29 is 27.5 Å². The highest BCUT2D eigenvalue weighted by Gasteiger charge is 2.31. The van der Waals surface area contributed by atoms with Gasteiger partial charge in [-0.3, -0.25) is 10.1 Å². The topological polar surface area (TPSA) is 122 Å². The first-order valence-corrected chi connectivity index (χ1v) is 11.4. The number of nitrogens with zero attached hydrogens (tertiary/aromatic N) is 1. The zero-order chi connectivity index (χ0) is 22.5. The first-order chi connectivity index (χ1) is 14.0. The third kappa shape index (κ3) is 6.02. The average Bonchev–Trinajstić information content (AvgIpc) is 2.67. The number of piperidine rings is 1. The number of carbonyl (C=O) groups excluding carboxylic acids is 3. The fourth-order valence-electron chi connectivity index (χ4n) is 3.41. The predicted molar refractivity (Wildman–Crippen MR) is 110 cm³/mol. The van der Waals surface area contributed by atoms with E-state index in [0.717, 1.165) is 6.42 Å². The van der Waals surface area contributed by atoms with Gasteiger partial charge in [0.1, 0.15) is 0 Å². The van der Waals surface area contributed by atoms with Gasteiger partial charge in [-0.05, 0) is 56.4 Å². The summed E-state index contributed by atoms with van der Waals surface area (Å²) in [5.74, 6) is -0.991. The average molecular weight is 440 g/mol. The van der Waals surface area contributed by atoms with E-state index < -0.39 is 34.0 Å². The molecule has 30 heavy (non-hydrogen) atoms. The maximum Gasteiger partial charge on any atom is 0.338 e. The second kappa shape index (κ2) is 10.0. The highest BCUT2D eigenvalue weighted by Crippen LogP contribution is 2.26. The van der Waals surface area contributed by atoms with Gasteiger partial charge in [-0.1, -0.05) is 13.8 Å². The van der Waals surface area contributed by atoms with E-state index in [4.69, 9.17) is 4.74 Å². The molecule has 3 atom stereocenters. The smallest absolute Gasteiger partial charge is 0.338 e. The summed E-state index contributed by atoms with van der Waals surface area (Å²) in [6.45, 7) is 8.37. The highest BCUT2D eigenvalue weighted by molar-refractivity contribution is 7.89. The van der Waals surface area contributed by atoms with Crippen LogP contribution < -0.4 is 10.6 Å². The molecule has 1 aliphatic rings. The Kier molecular flexibility index (Phi) is 7.96. The summed E-state index contributed by atoms with van der Waals surface area (Å²) in [6.07, 6.45) is -0.206. The van der Waals surface area contributed by atoms with Crippen molar-refractivity contribution in [2.45, 2.75) is 45.1 Å². The number of nitrogens with one attached hydrogen (secondary N) is 2. The summed E-state index contributed by atoms with van der Waals surface area (Å²) in [6, 6.07) is 4.73. The lowest BCUT2D eigenvalue weighted by Gasteiger charge is -2.34. The third-order valence-electron chi connectivity index (χ3n) is 4.79. The van der Waals surface area contributed by atoms with Crippen molar-refractivity contribution in [1.29, 1.82) is 0 Å². The summed E-state index contributed by atoms with van der Waals surface area (Å²) in [5, 5.41) is 4.46. The predicted octanol–water partition coefficient (Wildman–Crippen LogP) is 1.74. The molecule has 0 aliphatic carbocycles. The molecule has 1 aromatic carbocycles. The number of benzene rings is 1. The van der Waals surface area contributed by atoms with E-state index in [9.17, 15) is 22.8 Å². The first kappa shape index (κ1) is 23.8. The Balaban J connectivity index is 2.03. The molecule has 9 nitrogen and oxygen atoms in total. The van der Waals surface area contributed by atoms with E-state index >= 15 is 0 Å². The molecule has 1 aromatic rings. The number of urea groups is 1. The monoisotopic (exact) mass is 439 g/mol. The first-order valence-electron chi connectivity index (χ1n) is 9.94. The van der Waals surface area contributed by atoms with Crippen LogP contribution >= 0.6 is 0 Å². The lowest BCUT2D eigenvalue weighted by atomic mass is 9.94. The number of hydrogen-bond donors (Lipinski definition) is 2. The van der Waals surface area contributed by atoms with Crippen LogP contribution in [0.2, 0.25) is 0 Å². The molecule has 2 rings (SSSR count). The molecule has 10 heteroatoms. The van der Waals surface area contributed by atoms with Crippen LogP contribution in [0, 0.1) is 11.8 Å². The Morgan fingerprint density at radius 3 is 2.23 bits per heavy atom. The fourth-order valence-corrected chi connectivity index (χ4v) is 5.09. The molecule has 1 fully saturated rings. The lowest BCUT2D eigenvalue weighted by Crippen LogP contribution is -2.44. The van der Waals surface area contributed by atoms with Gasteiger partial charge in [-0.2, -0.15) is 4.31 Å². The summed E-state index contributed by atoms with van der Waals surface area (Å²) >= 11 is 0. The quantitative estimate of drug-likeness (QED) is 0.651. The van der Waals surface area contributed by atoms with Gasteiger partial charge in [0.25, 0.3) is 5.91 Å². The molecule has 0 saturated carbocycles. The summed E-state index contributed by atoms with van der Waals surface area (Å²) in [7, 11) is -3.65. The Labute approximate surface area is 177 Å². The number of esters is 1. The van der Waals surface area contributed by atoms with Gasteiger partial charge in [-0.25, -0.2) is 18.0 Å². The third-order valence-corrected chi connectivity index (χ3v) is 6.64. The molecular formula is C20H29N3O6S. The van der Waals surface area contributed by atoms with E-state index in [1.165, 1.54) is 35.5 Å². The second-order valence-corrected chi connectivity index (χ2v) is 9.63. The highest BCUT2D eigenvalue weighted by atomic mass is 32.2. The second-order valence-electron chi connectivity index (χ2n) is 7.69. The van der Waals surface area contributed by atoms with E-state index in [0.29, 0.717) is 19.6 Å². The Morgan fingerprint density at radius 2 is 1.70 bits per heavy atom. The van der Waals surface area contributed by atoms with Crippen molar-refractivity contribution >= 4 is 27.9 Å². The van der Waals surface area contributed by atoms with Gasteiger partial charge in [-0.15, -0.1) is 0 Å². The van der Waals surface area contributed by atoms with Gasteiger partial charge in [0.2, 0.25) is 10.0 Å². The van der Waals surface area contributed by atoms with Gasteiger partial charge in [0.15, 0.2) is 6.10 Å². The van der Waals surface area contributed by atoms with Crippen LogP contribution in [-0.2, 0) is 19.6 Å². The largest absolute Gasteiger partial charge is 0.449 e. The molecule has 1 saturated heterocycles. The molecule has 0 radical (unpaired) electrons. The van der Waals surface area contributed by atoms with Gasteiger partial charge < -0.3 is 10.1 Å². The molecular weight excluding hydrogens is 410 g/mol. The van der Waals surface area contributed by atoms with Crippen LogP contribution in [0.3, 0.4) is 0 Å². The van der Waals surface area contributed by atoms with Gasteiger partial charge in [0, 0.05) is 19.6 Å². The Bertz CT molecular complexity index is 874. The Morgan fingerprint density at radius 1 is 1.13 bits per heavy atom. The SMILES string of the molecule is CCNC(=O)NC(=O)[C@H](C)OC(=O)c1ccc(S(=O)(=O)N2C[C@@H](C)C[C@H](C)C2)cc1.